The summed E-state index contributed by atoms with van der Waals surface area (Å²) in [7, 11) is 1.61. The standard InChI is InChI=1S/C11H16N4O3S/c1-7(6-19-3)14-11(16)9-4-8(15(17)18)5-13-10(9)12-2/h4-5,7H,6H2,1-3H3,(H,12,13)(H,14,16). The largest absolute Gasteiger partial charge is 0.372 e. The van der Waals surface area contributed by atoms with Gasteiger partial charge in [-0.2, -0.15) is 11.8 Å². The topological polar surface area (TPSA) is 97.2 Å². The molecule has 1 aromatic rings. The molecular formula is C11H16N4O3S. The lowest BCUT2D eigenvalue weighted by molar-refractivity contribution is -0.385. The van der Waals surface area contributed by atoms with E-state index in [1.807, 2.05) is 13.2 Å². The van der Waals surface area contributed by atoms with E-state index in [9.17, 15) is 14.9 Å². The van der Waals surface area contributed by atoms with Crippen LogP contribution in [0.2, 0.25) is 0 Å². The van der Waals surface area contributed by atoms with Crippen LogP contribution in [0.5, 0.6) is 0 Å². The Balaban J connectivity index is 2.99. The molecule has 0 saturated carbocycles. The molecule has 7 nitrogen and oxygen atoms in total. The molecule has 0 aromatic carbocycles. The van der Waals surface area contributed by atoms with Gasteiger partial charge in [-0.3, -0.25) is 14.9 Å². The Bertz CT molecular complexity index is 481. The number of rotatable bonds is 6. The zero-order valence-electron chi connectivity index (χ0n) is 11.0. The third-order valence-electron chi connectivity index (χ3n) is 2.36. The molecule has 2 N–H and O–H groups in total. The van der Waals surface area contributed by atoms with Crippen LogP contribution >= 0.6 is 11.8 Å². The molecule has 0 spiro atoms. The van der Waals surface area contributed by atoms with Crippen molar-refractivity contribution < 1.29 is 9.72 Å². The first-order valence-electron chi connectivity index (χ1n) is 5.61. The van der Waals surface area contributed by atoms with Gasteiger partial charge in [-0.15, -0.1) is 0 Å². The van der Waals surface area contributed by atoms with E-state index in [1.54, 1.807) is 18.8 Å². The second-order valence-electron chi connectivity index (χ2n) is 3.93. The van der Waals surface area contributed by atoms with Crippen LogP contribution < -0.4 is 10.6 Å². The summed E-state index contributed by atoms with van der Waals surface area (Å²) >= 11 is 1.61. The Kier molecular flexibility index (Phi) is 5.56. The predicted octanol–water partition coefficient (Wildman–Crippen LogP) is 1.51. The minimum Gasteiger partial charge on any atom is -0.372 e. The van der Waals surface area contributed by atoms with E-state index in [0.717, 1.165) is 11.9 Å². The normalized spacial score (nSPS) is 11.7. The zero-order valence-corrected chi connectivity index (χ0v) is 11.8. The lowest BCUT2D eigenvalue weighted by Gasteiger charge is -2.13. The molecular weight excluding hydrogens is 268 g/mol. The summed E-state index contributed by atoms with van der Waals surface area (Å²) in [5.41, 5.74) is -0.0358. The van der Waals surface area contributed by atoms with Crippen molar-refractivity contribution in [2.24, 2.45) is 0 Å². The fourth-order valence-corrected chi connectivity index (χ4v) is 2.10. The Morgan fingerprint density at radius 1 is 1.63 bits per heavy atom. The van der Waals surface area contributed by atoms with Gasteiger partial charge < -0.3 is 10.6 Å². The Hall–Kier alpha value is -1.83. The lowest BCUT2D eigenvalue weighted by atomic mass is 10.2. The molecule has 0 bridgehead atoms. The van der Waals surface area contributed by atoms with Gasteiger partial charge in [0.05, 0.1) is 10.5 Å². The molecule has 0 aliphatic rings. The number of hydrogen-bond acceptors (Lipinski definition) is 6. The quantitative estimate of drug-likeness (QED) is 0.607. The van der Waals surface area contributed by atoms with E-state index in [-0.39, 0.29) is 23.2 Å². The summed E-state index contributed by atoms with van der Waals surface area (Å²) < 4.78 is 0. The molecule has 1 unspecified atom stereocenters. The van der Waals surface area contributed by atoms with Crippen molar-refractivity contribution in [3.8, 4) is 0 Å². The van der Waals surface area contributed by atoms with E-state index in [0.29, 0.717) is 5.82 Å². The highest BCUT2D eigenvalue weighted by molar-refractivity contribution is 7.98. The first-order chi connectivity index (χ1) is 8.99. The highest BCUT2D eigenvalue weighted by Gasteiger charge is 2.18. The molecule has 0 aliphatic carbocycles. The van der Waals surface area contributed by atoms with Crippen molar-refractivity contribution in [2.45, 2.75) is 13.0 Å². The number of nitrogens with one attached hydrogen (secondary N) is 2. The van der Waals surface area contributed by atoms with Gasteiger partial charge in [-0.1, -0.05) is 0 Å². The Labute approximate surface area is 115 Å². The monoisotopic (exact) mass is 284 g/mol. The fraction of sp³-hybridized carbons (Fsp3) is 0.455. The van der Waals surface area contributed by atoms with Gasteiger partial charge in [0.25, 0.3) is 11.6 Å². The van der Waals surface area contributed by atoms with E-state index in [4.69, 9.17) is 0 Å². The lowest BCUT2D eigenvalue weighted by Crippen LogP contribution is -2.34. The molecule has 0 saturated heterocycles. The number of anilines is 1. The van der Waals surface area contributed by atoms with Gasteiger partial charge in [0, 0.05) is 24.9 Å². The first-order valence-corrected chi connectivity index (χ1v) is 7.01. The maximum absolute atomic E-state index is 12.1. The SMILES string of the molecule is CNc1ncc([N+](=O)[O-])cc1C(=O)NC(C)CSC. The second-order valence-corrected chi connectivity index (χ2v) is 4.84. The van der Waals surface area contributed by atoms with Gasteiger partial charge in [0.15, 0.2) is 0 Å². The fourth-order valence-electron chi connectivity index (χ4n) is 1.52. The van der Waals surface area contributed by atoms with Crippen molar-refractivity contribution in [1.82, 2.24) is 10.3 Å². The van der Waals surface area contributed by atoms with E-state index < -0.39 is 4.92 Å². The molecule has 1 aromatic heterocycles. The summed E-state index contributed by atoms with van der Waals surface area (Å²) in [6.45, 7) is 1.87. The Morgan fingerprint density at radius 2 is 2.32 bits per heavy atom. The minimum absolute atomic E-state index is 0.0218. The number of thioether (sulfide) groups is 1. The van der Waals surface area contributed by atoms with Crippen LogP contribution in [0.3, 0.4) is 0 Å². The summed E-state index contributed by atoms with van der Waals surface area (Å²) in [5.74, 6) is 0.713. The maximum atomic E-state index is 12.1. The molecule has 104 valence electrons. The number of carbonyl (C=O) groups excluding carboxylic acids is 1. The molecule has 8 heteroatoms. The van der Waals surface area contributed by atoms with Crippen molar-refractivity contribution in [2.75, 3.05) is 24.4 Å². The van der Waals surface area contributed by atoms with Crippen LogP contribution in [0.25, 0.3) is 0 Å². The van der Waals surface area contributed by atoms with Crippen LogP contribution in [0, 0.1) is 10.1 Å². The number of nitro groups is 1. The van der Waals surface area contributed by atoms with Gasteiger partial charge >= 0.3 is 0 Å². The number of aromatic nitrogens is 1. The Morgan fingerprint density at radius 3 is 2.84 bits per heavy atom. The maximum Gasteiger partial charge on any atom is 0.288 e. The van der Waals surface area contributed by atoms with Crippen molar-refractivity contribution in [3.05, 3.63) is 27.9 Å². The second kappa shape index (κ2) is 6.93. The molecule has 1 atom stereocenters. The minimum atomic E-state index is -0.575. The summed E-state index contributed by atoms with van der Waals surface area (Å²) in [4.78, 5) is 26.1. The van der Waals surface area contributed by atoms with E-state index in [1.165, 1.54) is 6.07 Å². The smallest absolute Gasteiger partial charge is 0.288 e. The number of carbonyl (C=O) groups is 1. The summed E-state index contributed by atoms with van der Waals surface area (Å²) in [6.07, 6.45) is 3.06. The van der Waals surface area contributed by atoms with Crippen LogP contribution in [0.1, 0.15) is 17.3 Å². The number of pyridine rings is 1. The van der Waals surface area contributed by atoms with Crippen LogP contribution in [-0.2, 0) is 0 Å². The van der Waals surface area contributed by atoms with Crippen molar-refractivity contribution in [3.63, 3.8) is 0 Å². The van der Waals surface area contributed by atoms with Gasteiger partial charge in [0.2, 0.25) is 0 Å². The molecule has 1 amide bonds. The van der Waals surface area contributed by atoms with Crippen LogP contribution in [-0.4, -0.2) is 40.9 Å². The van der Waals surface area contributed by atoms with Crippen molar-refractivity contribution >= 4 is 29.2 Å². The van der Waals surface area contributed by atoms with Gasteiger partial charge in [-0.25, -0.2) is 4.98 Å². The third-order valence-corrected chi connectivity index (χ3v) is 3.19. The summed E-state index contributed by atoms with van der Waals surface area (Å²) in [6, 6.07) is 1.20. The zero-order chi connectivity index (χ0) is 14.4. The summed E-state index contributed by atoms with van der Waals surface area (Å²) in [5, 5.41) is 16.2. The van der Waals surface area contributed by atoms with Crippen LogP contribution in [0.15, 0.2) is 12.3 Å². The molecule has 1 rings (SSSR count). The van der Waals surface area contributed by atoms with Gasteiger partial charge in [-0.05, 0) is 13.2 Å². The first kappa shape index (κ1) is 15.2. The number of hydrogen-bond donors (Lipinski definition) is 2. The molecule has 0 radical (unpaired) electrons. The predicted molar refractivity (Wildman–Crippen MR) is 75.7 cm³/mol. The van der Waals surface area contributed by atoms with Crippen molar-refractivity contribution in [1.29, 1.82) is 0 Å². The van der Waals surface area contributed by atoms with Crippen LogP contribution in [0.4, 0.5) is 11.5 Å². The van der Waals surface area contributed by atoms with E-state index >= 15 is 0 Å². The molecule has 0 fully saturated rings. The number of amides is 1. The number of nitrogens with zero attached hydrogens (tertiary/aromatic N) is 2. The molecule has 1 heterocycles. The van der Waals surface area contributed by atoms with Gasteiger partial charge in [0.1, 0.15) is 12.0 Å². The van der Waals surface area contributed by atoms with E-state index in [2.05, 4.69) is 15.6 Å². The third kappa shape index (κ3) is 4.09. The molecule has 19 heavy (non-hydrogen) atoms. The average molecular weight is 284 g/mol. The highest BCUT2D eigenvalue weighted by Crippen LogP contribution is 2.18. The average Bonchev–Trinajstić information content (AvgIpc) is 2.37. The highest BCUT2D eigenvalue weighted by atomic mass is 32.2. The molecule has 0 aliphatic heterocycles.